The number of aromatic nitrogens is 3. The van der Waals surface area contributed by atoms with Gasteiger partial charge in [0.15, 0.2) is 0 Å². The van der Waals surface area contributed by atoms with Gasteiger partial charge in [0.25, 0.3) is 0 Å². The summed E-state index contributed by atoms with van der Waals surface area (Å²) in [5, 5.41) is 16.0. The summed E-state index contributed by atoms with van der Waals surface area (Å²) in [6.07, 6.45) is 4.57. The van der Waals surface area contributed by atoms with Crippen LogP contribution in [0, 0.1) is 5.41 Å². The summed E-state index contributed by atoms with van der Waals surface area (Å²) in [5.74, 6) is 0. The van der Waals surface area contributed by atoms with Gasteiger partial charge in [-0.1, -0.05) is 44.5 Å². The van der Waals surface area contributed by atoms with Crippen molar-refractivity contribution >= 4 is 11.6 Å². The molecule has 0 bridgehead atoms. The summed E-state index contributed by atoms with van der Waals surface area (Å²) in [6.45, 7) is 6.58. The molecule has 0 saturated heterocycles. The molecule has 1 unspecified atom stereocenters. The molecule has 0 aliphatic carbocycles. The Morgan fingerprint density at radius 3 is 2.38 bits per heavy atom. The summed E-state index contributed by atoms with van der Waals surface area (Å²) in [6, 6.07) is 7.76. The first-order valence-electron chi connectivity index (χ1n) is 7.09. The minimum Gasteiger partial charge on any atom is -0.387 e. The highest BCUT2D eigenvalue weighted by Crippen LogP contribution is 2.35. The third-order valence-electron chi connectivity index (χ3n) is 4.03. The van der Waals surface area contributed by atoms with E-state index in [2.05, 4.69) is 10.1 Å². The second-order valence-corrected chi connectivity index (χ2v) is 6.94. The first kappa shape index (κ1) is 16.0. The van der Waals surface area contributed by atoms with Crippen LogP contribution in [0.3, 0.4) is 0 Å². The lowest BCUT2D eigenvalue weighted by molar-refractivity contribution is -0.0796. The van der Waals surface area contributed by atoms with Crippen molar-refractivity contribution in [3.63, 3.8) is 0 Å². The topological polar surface area (TPSA) is 50.9 Å². The van der Waals surface area contributed by atoms with Crippen LogP contribution in [0.1, 0.15) is 32.8 Å². The number of aliphatic hydroxyl groups is 1. The smallest absolute Gasteiger partial charge is 0.137 e. The minimum absolute atomic E-state index is 0.259. The molecule has 1 N–H and O–H groups in total. The van der Waals surface area contributed by atoms with Crippen LogP contribution in [-0.2, 0) is 13.0 Å². The largest absolute Gasteiger partial charge is 0.387 e. The molecule has 1 heterocycles. The normalized spacial score (nSPS) is 14.9. The zero-order valence-electron chi connectivity index (χ0n) is 12.8. The van der Waals surface area contributed by atoms with Crippen LogP contribution in [0.4, 0.5) is 0 Å². The van der Waals surface area contributed by atoms with Gasteiger partial charge in [0, 0.05) is 5.02 Å². The molecule has 4 nitrogen and oxygen atoms in total. The predicted molar refractivity (Wildman–Crippen MR) is 84.2 cm³/mol. The number of aryl methyl sites for hydroxylation is 1. The van der Waals surface area contributed by atoms with Crippen LogP contribution in [0.15, 0.2) is 36.9 Å². The van der Waals surface area contributed by atoms with Gasteiger partial charge in [-0.05, 0) is 36.0 Å². The van der Waals surface area contributed by atoms with Gasteiger partial charge in [-0.25, -0.2) is 4.98 Å². The predicted octanol–water partition coefficient (Wildman–Crippen LogP) is 3.34. The van der Waals surface area contributed by atoms with E-state index in [0.29, 0.717) is 13.0 Å². The summed E-state index contributed by atoms with van der Waals surface area (Å²) < 4.78 is 1.69. The number of rotatable bonds is 5. The Balaban J connectivity index is 2.11. The standard InChI is InChI=1S/C16H22ClN3O/c1-15(2,3)16(21,10-20-12-18-11-19-20)9-8-13-4-6-14(17)7-5-13/h4-7,11-12,21H,8-10H2,1-3H3/i1+1,2+1,3+1. The van der Waals surface area contributed by atoms with Crippen LogP contribution in [0.5, 0.6) is 0 Å². The molecule has 1 atom stereocenters. The lowest BCUT2D eigenvalue weighted by atomic mass is 9.84. The molecule has 21 heavy (non-hydrogen) atoms. The fraction of sp³-hybridized carbons (Fsp3) is 0.500. The second-order valence-electron chi connectivity index (χ2n) is 6.50. The quantitative estimate of drug-likeness (QED) is 0.862. The zero-order chi connectivity index (χ0) is 15.5. The van der Waals surface area contributed by atoms with E-state index in [0.717, 1.165) is 11.4 Å². The van der Waals surface area contributed by atoms with Crippen molar-refractivity contribution in [1.29, 1.82) is 0 Å². The molecule has 2 rings (SSSR count). The van der Waals surface area contributed by atoms with Crippen LogP contribution in [0.2, 0.25) is 5.02 Å². The van der Waals surface area contributed by atoms with E-state index in [1.807, 2.05) is 45.0 Å². The molecule has 0 radical (unpaired) electrons. The number of benzene rings is 1. The Kier molecular flexibility index (Phi) is 4.69. The maximum atomic E-state index is 11.1. The lowest BCUT2D eigenvalue weighted by Gasteiger charge is -2.40. The first-order chi connectivity index (χ1) is 9.80. The molecule has 0 fully saturated rings. The molecule has 0 spiro atoms. The summed E-state index contributed by atoms with van der Waals surface area (Å²) in [5.41, 5.74) is 0.0479. The SMILES string of the molecule is [13CH3]C([13CH3])([13CH3])C(O)(CCc1ccc(Cl)cc1)Cn1cncn1. The minimum atomic E-state index is -0.861. The van der Waals surface area contributed by atoms with Crippen molar-refractivity contribution < 1.29 is 5.11 Å². The number of halogens is 1. The van der Waals surface area contributed by atoms with Gasteiger partial charge >= 0.3 is 0 Å². The van der Waals surface area contributed by atoms with Crippen molar-refractivity contribution in [2.75, 3.05) is 0 Å². The van der Waals surface area contributed by atoms with Gasteiger partial charge in [0.05, 0.1) is 12.1 Å². The Bertz CT molecular complexity index is 560. The fourth-order valence-corrected chi connectivity index (χ4v) is 2.40. The Hall–Kier alpha value is -1.39. The van der Waals surface area contributed by atoms with E-state index in [9.17, 15) is 5.11 Å². The van der Waals surface area contributed by atoms with Gasteiger partial charge in [0.2, 0.25) is 0 Å². The first-order valence-corrected chi connectivity index (χ1v) is 7.47. The molecule has 0 aliphatic rings. The molecule has 5 heteroatoms. The van der Waals surface area contributed by atoms with Gasteiger partial charge in [0.1, 0.15) is 12.7 Å². The summed E-state index contributed by atoms with van der Waals surface area (Å²) in [7, 11) is 0. The van der Waals surface area contributed by atoms with E-state index in [1.165, 1.54) is 11.9 Å². The molecule has 114 valence electrons. The Labute approximate surface area is 130 Å². The highest BCUT2D eigenvalue weighted by atomic mass is 35.5. The molecule has 0 saturated carbocycles. The highest BCUT2D eigenvalue weighted by molar-refractivity contribution is 6.30. The van der Waals surface area contributed by atoms with Gasteiger partial charge in [-0.15, -0.1) is 0 Å². The van der Waals surface area contributed by atoms with Gasteiger partial charge < -0.3 is 5.11 Å². The van der Waals surface area contributed by atoms with E-state index in [4.69, 9.17) is 11.6 Å². The van der Waals surface area contributed by atoms with Crippen LogP contribution in [-0.4, -0.2) is 25.5 Å². The lowest BCUT2D eigenvalue weighted by Crippen LogP contribution is -2.47. The third-order valence-corrected chi connectivity index (χ3v) is 4.28. The monoisotopic (exact) mass is 310 g/mol. The maximum absolute atomic E-state index is 11.1. The van der Waals surface area contributed by atoms with Crippen LogP contribution in [0.25, 0.3) is 0 Å². The molecular weight excluding hydrogens is 289 g/mol. The van der Waals surface area contributed by atoms with Crippen molar-refractivity contribution in [2.24, 2.45) is 5.41 Å². The summed E-state index contributed by atoms with van der Waals surface area (Å²) >= 11 is 5.90. The Morgan fingerprint density at radius 1 is 1.19 bits per heavy atom. The van der Waals surface area contributed by atoms with Crippen molar-refractivity contribution in [2.45, 2.75) is 45.8 Å². The molecule has 0 aliphatic heterocycles. The average Bonchev–Trinajstić information content (AvgIpc) is 2.89. The number of hydrogen-bond acceptors (Lipinski definition) is 3. The molecular formula is C16H22ClN3O. The van der Waals surface area contributed by atoms with Gasteiger partial charge in [-0.2, -0.15) is 5.10 Å². The van der Waals surface area contributed by atoms with Gasteiger partial charge in [-0.3, -0.25) is 4.68 Å². The highest BCUT2D eigenvalue weighted by Gasteiger charge is 2.40. The van der Waals surface area contributed by atoms with Crippen LogP contribution >= 0.6 is 11.6 Å². The second kappa shape index (κ2) is 6.16. The van der Waals surface area contributed by atoms with Crippen molar-refractivity contribution in [3.8, 4) is 0 Å². The van der Waals surface area contributed by atoms with E-state index >= 15 is 0 Å². The number of nitrogens with zero attached hydrogens (tertiary/aromatic N) is 3. The van der Waals surface area contributed by atoms with E-state index in [-0.39, 0.29) is 5.41 Å². The fourth-order valence-electron chi connectivity index (χ4n) is 2.28. The molecule has 1 aromatic carbocycles. The number of hydrogen-bond donors (Lipinski definition) is 1. The van der Waals surface area contributed by atoms with E-state index < -0.39 is 5.60 Å². The zero-order valence-corrected chi connectivity index (χ0v) is 13.5. The maximum Gasteiger partial charge on any atom is 0.137 e. The third kappa shape index (κ3) is 4.05. The average molecular weight is 311 g/mol. The molecule has 1 aromatic heterocycles. The molecule has 0 amide bonds. The Morgan fingerprint density at radius 2 is 1.86 bits per heavy atom. The van der Waals surface area contributed by atoms with Crippen molar-refractivity contribution in [3.05, 3.63) is 47.5 Å². The molecule has 2 aromatic rings. The van der Waals surface area contributed by atoms with E-state index in [1.54, 1.807) is 11.0 Å². The van der Waals surface area contributed by atoms with Crippen molar-refractivity contribution in [1.82, 2.24) is 14.8 Å². The van der Waals surface area contributed by atoms with Crippen LogP contribution < -0.4 is 0 Å². The summed E-state index contributed by atoms with van der Waals surface area (Å²) in [4.78, 5) is 3.94.